The molecule has 0 saturated carbocycles. The lowest BCUT2D eigenvalue weighted by molar-refractivity contribution is -0.137. The lowest BCUT2D eigenvalue weighted by Crippen LogP contribution is -2.52. The van der Waals surface area contributed by atoms with E-state index in [9.17, 15) is 19.2 Å². The summed E-state index contributed by atoms with van der Waals surface area (Å²) in [5, 5.41) is 8.39. The van der Waals surface area contributed by atoms with E-state index in [2.05, 4.69) is 16.0 Å². The summed E-state index contributed by atoms with van der Waals surface area (Å²) in [6.45, 7) is 1.61. The van der Waals surface area contributed by atoms with E-state index < -0.39 is 11.9 Å². The summed E-state index contributed by atoms with van der Waals surface area (Å²) in [7, 11) is 0. The van der Waals surface area contributed by atoms with Crippen LogP contribution in [-0.4, -0.2) is 47.2 Å². The van der Waals surface area contributed by atoms with Gasteiger partial charge < -0.3 is 15.5 Å². The molecule has 3 aliphatic rings. The maximum Gasteiger partial charge on any atom is 0.255 e. The maximum absolute atomic E-state index is 12.7. The number of amides is 4. The predicted molar refractivity (Wildman–Crippen MR) is 103 cm³/mol. The topological polar surface area (TPSA) is 108 Å². The fraction of sp³-hybridized carbons (Fsp3) is 0.474. The van der Waals surface area contributed by atoms with Gasteiger partial charge in [0.25, 0.3) is 5.91 Å². The van der Waals surface area contributed by atoms with E-state index in [1.807, 2.05) is 12.1 Å². The molecule has 3 heterocycles. The molecule has 0 spiro atoms. The summed E-state index contributed by atoms with van der Waals surface area (Å²) in [5.41, 5.74) is 2.33. The number of piperidine rings is 1. The van der Waals surface area contributed by atoms with Crippen molar-refractivity contribution < 1.29 is 19.2 Å². The number of imide groups is 1. The maximum atomic E-state index is 12.7. The molecule has 9 heteroatoms. The van der Waals surface area contributed by atoms with Gasteiger partial charge in [0.2, 0.25) is 17.7 Å². The van der Waals surface area contributed by atoms with Gasteiger partial charge in [-0.2, -0.15) is 0 Å². The summed E-state index contributed by atoms with van der Waals surface area (Å²) in [5.74, 6) is -0.904. The Bertz CT molecular complexity index is 822. The molecule has 8 nitrogen and oxygen atoms in total. The van der Waals surface area contributed by atoms with Crippen LogP contribution in [0.25, 0.3) is 0 Å². The van der Waals surface area contributed by atoms with E-state index >= 15 is 0 Å². The molecule has 3 N–H and O–H groups in total. The number of hydrogen-bond acceptors (Lipinski definition) is 5. The predicted octanol–water partition coefficient (Wildman–Crippen LogP) is 0.238. The minimum Gasteiger partial charge on any atom is -0.351 e. The molecule has 4 rings (SSSR count). The Kier molecular flexibility index (Phi) is 6.00. The molecule has 0 radical (unpaired) electrons. The number of carbonyl (C=O) groups is 4. The first-order chi connectivity index (χ1) is 13.0. The minimum atomic E-state index is -0.612. The Hall–Kier alpha value is -2.45. The Balaban J connectivity index is 0.00000225. The zero-order valence-corrected chi connectivity index (χ0v) is 16.1. The number of nitrogens with zero attached hydrogens (tertiary/aromatic N) is 1. The van der Waals surface area contributed by atoms with Crippen molar-refractivity contribution in [3.05, 3.63) is 34.9 Å². The third-order valence-electron chi connectivity index (χ3n) is 5.43. The van der Waals surface area contributed by atoms with Crippen molar-refractivity contribution in [3.63, 3.8) is 0 Å². The highest BCUT2D eigenvalue weighted by atomic mass is 35.5. The zero-order chi connectivity index (χ0) is 19.0. The largest absolute Gasteiger partial charge is 0.351 e. The van der Waals surface area contributed by atoms with Gasteiger partial charge in [-0.1, -0.05) is 12.1 Å². The second-order valence-corrected chi connectivity index (χ2v) is 7.26. The Morgan fingerprint density at radius 2 is 2.04 bits per heavy atom. The quantitative estimate of drug-likeness (QED) is 0.621. The van der Waals surface area contributed by atoms with Crippen LogP contribution in [0.15, 0.2) is 18.2 Å². The van der Waals surface area contributed by atoms with Gasteiger partial charge in [-0.25, -0.2) is 0 Å². The van der Waals surface area contributed by atoms with Crippen LogP contribution in [0.4, 0.5) is 0 Å². The summed E-state index contributed by atoms with van der Waals surface area (Å²) in [4.78, 5) is 49.7. The van der Waals surface area contributed by atoms with Crippen LogP contribution in [0.2, 0.25) is 0 Å². The van der Waals surface area contributed by atoms with Crippen LogP contribution in [0.3, 0.4) is 0 Å². The smallest absolute Gasteiger partial charge is 0.255 e. The van der Waals surface area contributed by atoms with Gasteiger partial charge in [-0.3, -0.25) is 24.5 Å². The zero-order valence-electron chi connectivity index (χ0n) is 15.3. The molecule has 2 saturated heterocycles. The molecule has 0 aliphatic carbocycles. The number of carbonyl (C=O) groups excluding carboxylic acids is 4. The number of halogens is 1. The normalized spacial score (nSPS) is 23.9. The molecule has 150 valence electrons. The molecule has 1 aromatic carbocycles. The average molecular weight is 407 g/mol. The highest BCUT2D eigenvalue weighted by Crippen LogP contribution is 2.28. The molecule has 0 aromatic heterocycles. The van der Waals surface area contributed by atoms with Gasteiger partial charge in [-0.05, 0) is 43.0 Å². The van der Waals surface area contributed by atoms with E-state index in [0.29, 0.717) is 25.1 Å². The first-order valence-corrected chi connectivity index (χ1v) is 9.30. The molecule has 1 unspecified atom stereocenters. The second kappa shape index (κ2) is 8.28. The number of nitrogens with one attached hydrogen (secondary N) is 3. The first kappa shape index (κ1) is 20.3. The van der Waals surface area contributed by atoms with Gasteiger partial charge >= 0.3 is 0 Å². The molecule has 4 amide bonds. The Morgan fingerprint density at radius 3 is 2.75 bits per heavy atom. The number of benzene rings is 1. The molecule has 3 aliphatic heterocycles. The van der Waals surface area contributed by atoms with Gasteiger partial charge in [0.15, 0.2) is 0 Å². The van der Waals surface area contributed by atoms with Crippen molar-refractivity contribution in [2.24, 2.45) is 0 Å². The molecular formula is C19H23ClN4O4. The SMILES string of the molecule is Cl.O=C1CCC(N2Cc3cc(CNC(=O)[C@@H]4CCCN4)ccc3C2=O)C(=O)N1. The molecule has 2 atom stereocenters. The van der Waals surface area contributed by atoms with E-state index in [4.69, 9.17) is 0 Å². The minimum absolute atomic E-state index is 0. The standard InChI is InChI=1S/C19H22N4O4.ClH/c24-16-6-5-15(18(26)22-16)23-10-12-8-11(3-4-13(12)19(23)27)9-21-17(25)14-2-1-7-20-14;/h3-4,8,14-15,20H,1-2,5-7,9-10H2,(H,21,25)(H,22,24,26);1H/t14-,15?;/m0./s1. The Labute approximate surface area is 168 Å². The first-order valence-electron chi connectivity index (χ1n) is 9.30. The van der Waals surface area contributed by atoms with Gasteiger partial charge in [-0.15, -0.1) is 12.4 Å². The van der Waals surface area contributed by atoms with E-state index in [1.54, 1.807) is 6.07 Å². The van der Waals surface area contributed by atoms with E-state index in [1.165, 1.54) is 4.90 Å². The summed E-state index contributed by atoms with van der Waals surface area (Å²) in [6.07, 6.45) is 2.45. The van der Waals surface area contributed by atoms with Crippen LogP contribution < -0.4 is 16.0 Å². The summed E-state index contributed by atoms with van der Waals surface area (Å²) >= 11 is 0. The third kappa shape index (κ3) is 3.88. The highest BCUT2D eigenvalue weighted by Gasteiger charge is 2.39. The van der Waals surface area contributed by atoms with Crippen molar-refractivity contribution in [3.8, 4) is 0 Å². The number of hydrogen-bond donors (Lipinski definition) is 3. The molecule has 0 bridgehead atoms. The van der Waals surface area contributed by atoms with E-state index in [-0.39, 0.29) is 42.6 Å². The van der Waals surface area contributed by atoms with Gasteiger partial charge in [0.1, 0.15) is 6.04 Å². The van der Waals surface area contributed by atoms with Crippen LogP contribution >= 0.6 is 12.4 Å². The number of rotatable bonds is 4. The fourth-order valence-electron chi connectivity index (χ4n) is 3.96. The third-order valence-corrected chi connectivity index (χ3v) is 5.43. The molecular weight excluding hydrogens is 384 g/mol. The lowest BCUT2D eigenvalue weighted by atomic mass is 10.0. The average Bonchev–Trinajstić information content (AvgIpc) is 3.29. The Morgan fingerprint density at radius 1 is 1.21 bits per heavy atom. The van der Waals surface area contributed by atoms with E-state index in [0.717, 1.165) is 30.5 Å². The molecule has 1 aromatic rings. The van der Waals surface area contributed by atoms with Gasteiger partial charge in [0, 0.05) is 25.1 Å². The van der Waals surface area contributed by atoms with Crippen LogP contribution in [0, 0.1) is 0 Å². The molecule has 28 heavy (non-hydrogen) atoms. The van der Waals surface area contributed by atoms with Crippen LogP contribution in [0.1, 0.15) is 47.2 Å². The van der Waals surface area contributed by atoms with Crippen molar-refractivity contribution in [2.75, 3.05) is 6.54 Å². The summed E-state index contributed by atoms with van der Waals surface area (Å²) < 4.78 is 0. The monoisotopic (exact) mass is 406 g/mol. The lowest BCUT2D eigenvalue weighted by Gasteiger charge is -2.29. The number of fused-ring (bicyclic) bond motifs is 1. The van der Waals surface area contributed by atoms with Crippen LogP contribution in [-0.2, 0) is 27.5 Å². The van der Waals surface area contributed by atoms with Gasteiger partial charge in [0.05, 0.1) is 6.04 Å². The summed E-state index contributed by atoms with van der Waals surface area (Å²) in [6, 6.07) is 4.75. The highest BCUT2D eigenvalue weighted by molar-refractivity contribution is 6.05. The molecule has 2 fully saturated rings. The van der Waals surface area contributed by atoms with Crippen molar-refractivity contribution in [1.29, 1.82) is 0 Å². The van der Waals surface area contributed by atoms with Crippen LogP contribution in [0.5, 0.6) is 0 Å². The van der Waals surface area contributed by atoms with Crippen molar-refractivity contribution in [2.45, 2.75) is 50.9 Å². The second-order valence-electron chi connectivity index (χ2n) is 7.26. The fourth-order valence-corrected chi connectivity index (χ4v) is 3.96. The van der Waals surface area contributed by atoms with Crippen molar-refractivity contribution >= 4 is 36.0 Å². The van der Waals surface area contributed by atoms with Crippen molar-refractivity contribution in [1.82, 2.24) is 20.9 Å².